The molecule has 142 valence electrons. The van der Waals surface area contributed by atoms with E-state index in [4.69, 9.17) is 9.47 Å². The number of hydrogen-bond acceptors (Lipinski definition) is 5. The summed E-state index contributed by atoms with van der Waals surface area (Å²) >= 11 is 3.41. The van der Waals surface area contributed by atoms with Crippen LogP contribution >= 0.6 is 15.9 Å². The summed E-state index contributed by atoms with van der Waals surface area (Å²) in [5.74, 6) is 1.14. The molecule has 8 heteroatoms. The fraction of sp³-hybridized carbons (Fsp3) is 0.556. The average Bonchev–Trinajstić information content (AvgIpc) is 3.45. The molecule has 1 saturated carbocycles. The first-order chi connectivity index (χ1) is 12.5. The van der Waals surface area contributed by atoms with E-state index in [2.05, 4.69) is 26.1 Å². The van der Waals surface area contributed by atoms with Crippen molar-refractivity contribution >= 4 is 27.7 Å². The number of carbonyl (C=O) groups excluding carboxylic acids is 2. The summed E-state index contributed by atoms with van der Waals surface area (Å²) in [4.78, 5) is 28.6. The van der Waals surface area contributed by atoms with E-state index in [1.807, 2.05) is 0 Å². The smallest absolute Gasteiger partial charge is 0.254 e. The van der Waals surface area contributed by atoms with Crippen LogP contribution < -0.4 is 14.8 Å². The molecule has 7 nitrogen and oxygen atoms in total. The van der Waals surface area contributed by atoms with Crippen molar-refractivity contribution in [2.45, 2.75) is 18.9 Å². The molecule has 1 aliphatic heterocycles. The molecule has 3 rings (SSSR count). The van der Waals surface area contributed by atoms with Crippen LogP contribution in [0.15, 0.2) is 16.6 Å². The lowest BCUT2D eigenvalue weighted by Gasteiger charge is -2.34. The Morgan fingerprint density at radius 3 is 2.19 bits per heavy atom. The van der Waals surface area contributed by atoms with E-state index in [9.17, 15) is 9.59 Å². The van der Waals surface area contributed by atoms with E-state index in [1.165, 1.54) is 0 Å². The van der Waals surface area contributed by atoms with Crippen LogP contribution in [0.3, 0.4) is 0 Å². The van der Waals surface area contributed by atoms with Crippen molar-refractivity contribution in [2.24, 2.45) is 0 Å². The molecule has 1 aromatic rings. The minimum atomic E-state index is -0.0591. The van der Waals surface area contributed by atoms with Crippen molar-refractivity contribution in [1.82, 2.24) is 15.1 Å². The number of benzene rings is 1. The Hall–Kier alpha value is -1.80. The van der Waals surface area contributed by atoms with Gasteiger partial charge in [-0.2, -0.15) is 0 Å². The van der Waals surface area contributed by atoms with Gasteiger partial charge < -0.3 is 19.7 Å². The molecular weight excluding hydrogens is 402 g/mol. The van der Waals surface area contributed by atoms with Crippen LogP contribution in [-0.2, 0) is 4.79 Å². The summed E-state index contributed by atoms with van der Waals surface area (Å²) in [5.41, 5.74) is 0.529. The average molecular weight is 426 g/mol. The number of rotatable bonds is 6. The minimum Gasteiger partial charge on any atom is -0.495 e. The highest BCUT2D eigenvalue weighted by atomic mass is 79.9. The Balaban J connectivity index is 1.58. The predicted octanol–water partition coefficient (Wildman–Crippen LogP) is 1.50. The molecule has 0 radical (unpaired) electrons. The van der Waals surface area contributed by atoms with Gasteiger partial charge >= 0.3 is 0 Å². The zero-order valence-electron chi connectivity index (χ0n) is 15.1. The molecular formula is C18H24BrN3O4. The van der Waals surface area contributed by atoms with E-state index in [-0.39, 0.29) is 11.8 Å². The maximum Gasteiger partial charge on any atom is 0.254 e. The first-order valence-corrected chi connectivity index (χ1v) is 9.53. The number of piperazine rings is 1. The second-order valence-electron chi connectivity index (χ2n) is 6.60. The summed E-state index contributed by atoms with van der Waals surface area (Å²) in [6.45, 7) is 2.97. The van der Waals surface area contributed by atoms with Gasteiger partial charge in [0.15, 0.2) is 0 Å². The number of nitrogens with one attached hydrogen (secondary N) is 1. The van der Waals surface area contributed by atoms with E-state index in [1.54, 1.807) is 31.3 Å². The van der Waals surface area contributed by atoms with Crippen molar-refractivity contribution < 1.29 is 19.1 Å². The highest BCUT2D eigenvalue weighted by Gasteiger charge is 2.27. The van der Waals surface area contributed by atoms with Crippen LogP contribution in [0, 0.1) is 0 Å². The number of carbonyl (C=O) groups is 2. The lowest BCUT2D eigenvalue weighted by atomic mass is 10.1. The van der Waals surface area contributed by atoms with Gasteiger partial charge in [0.25, 0.3) is 5.91 Å². The molecule has 0 unspecified atom stereocenters. The topological polar surface area (TPSA) is 71.1 Å². The molecule has 26 heavy (non-hydrogen) atoms. The van der Waals surface area contributed by atoms with Crippen LogP contribution in [0.25, 0.3) is 0 Å². The minimum absolute atomic E-state index is 0.0591. The van der Waals surface area contributed by atoms with Crippen LogP contribution in [-0.4, -0.2) is 74.6 Å². The number of methoxy groups -OCH3 is 2. The number of halogens is 1. The van der Waals surface area contributed by atoms with Crippen molar-refractivity contribution in [3.63, 3.8) is 0 Å². The number of ether oxygens (including phenoxy) is 2. The zero-order chi connectivity index (χ0) is 18.7. The van der Waals surface area contributed by atoms with Gasteiger partial charge in [-0.25, -0.2) is 0 Å². The van der Waals surface area contributed by atoms with Gasteiger partial charge in [-0.1, -0.05) is 0 Å². The summed E-state index contributed by atoms with van der Waals surface area (Å²) in [6.07, 6.45) is 2.18. The molecule has 0 atom stereocenters. The van der Waals surface area contributed by atoms with E-state index >= 15 is 0 Å². The second-order valence-corrected chi connectivity index (χ2v) is 7.40. The molecule has 2 amide bonds. The van der Waals surface area contributed by atoms with Gasteiger partial charge in [0.2, 0.25) is 5.91 Å². The number of amides is 2. The van der Waals surface area contributed by atoms with E-state index in [0.29, 0.717) is 60.3 Å². The Bertz CT molecular complexity index is 660. The summed E-state index contributed by atoms with van der Waals surface area (Å²) in [5, 5.41) is 3.00. The number of hydrogen-bond donors (Lipinski definition) is 1. The normalized spacial score (nSPS) is 17.7. The summed E-state index contributed by atoms with van der Waals surface area (Å²) in [6, 6.07) is 3.81. The molecule has 1 heterocycles. The Morgan fingerprint density at radius 2 is 1.69 bits per heavy atom. The standard InChI is InChI=1S/C18H24BrN3O4/c1-25-14-9-12(10-15(26-2)17(14)19)18(24)22-7-5-21(6-8-22)11-16(23)20-13-3-4-13/h9-10,13H,3-8,11H2,1-2H3,(H,20,23). The summed E-state index contributed by atoms with van der Waals surface area (Å²) < 4.78 is 11.3. The largest absolute Gasteiger partial charge is 0.495 e. The zero-order valence-corrected chi connectivity index (χ0v) is 16.7. The lowest BCUT2D eigenvalue weighted by molar-refractivity contribution is -0.122. The van der Waals surface area contributed by atoms with Gasteiger partial charge in [0, 0.05) is 37.8 Å². The molecule has 1 saturated heterocycles. The fourth-order valence-corrected chi connectivity index (χ4v) is 3.54. The van der Waals surface area contributed by atoms with Crippen LogP contribution in [0.2, 0.25) is 0 Å². The second kappa shape index (κ2) is 8.26. The molecule has 0 spiro atoms. The van der Waals surface area contributed by atoms with E-state index in [0.717, 1.165) is 12.8 Å². The number of nitrogens with zero attached hydrogens (tertiary/aromatic N) is 2. The third-order valence-corrected chi connectivity index (χ3v) is 5.44. The molecule has 1 N–H and O–H groups in total. The predicted molar refractivity (Wildman–Crippen MR) is 101 cm³/mol. The van der Waals surface area contributed by atoms with Gasteiger partial charge in [0.05, 0.1) is 20.8 Å². The van der Waals surface area contributed by atoms with Crippen molar-refractivity contribution in [3.8, 4) is 11.5 Å². The Morgan fingerprint density at radius 1 is 1.12 bits per heavy atom. The molecule has 2 fully saturated rings. The first kappa shape index (κ1) is 19.0. The van der Waals surface area contributed by atoms with Gasteiger partial charge in [-0.3, -0.25) is 14.5 Å². The third-order valence-electron chi connectivity index (χ3n) is 4.66. The molecule has 1 aliphatic carbocycles. The Kier molecular flexibility index (Phi) is 6.03. The third kappa shape index (κ3) is 4.48. The van der Waals surface area contributed by atoms with Crippen molar-refractivity contribution in [2.75, 3.05) is 46.9 Å². The molecule has 2 aliphatic rings. The Labute approximate surface area is 161 Å². The highest BCUT2D eigenvalue weighted by molar-refractivity contribution is 9.10. The highest BCUT2D eigenvalue weighted by Crippen LogP contribution is 2.36. The van der Waals surface area contributed by atoms with Gasteiger partial charge in [0.1, 0.15) is 16.0 Å². The fourth-order valence-electron chi connectivity index (χ4n) is 2.99. The van der Waals surface area contributed by atoms with Crippen LogP contribution in [0.5, 0.6) is 11.5 Å². The maximum absolute atomic E-state index is 12.8. The SMILES string of the molecule is COc1cc(C(=O)N2CCN(CC(=O)NC3CC3)CC2)cc(OC)c1Br. The molecule has 0 aromatic heterocycles. The lowest BCUT2D eigenvalue weighted by Crippen LogP contribution is -2.51. The van der Waals surface area contributed by atoms with Crippen LogP contribution in [0.1, 0.15) is 23.2 Å². The molecule has 0 bridgehead atoms. The monoisotopic (exact) mass is 425 g/mol. The van der Waals surface area contributed by atoms with Crippen molar-refractivity contribution in [3.05, 3.63) is 22.2 Å². The molecule has 1 aromatic carbocycles. The van der Waals surface area contributed by atoms with Gasteiger partial charge in [-0.15, -0.1) is 0 Å². The van der Waals surface area contributed by atoms with Gasteiger partial charge in [-0.05, 0) is 40.9 Å². The maximum atomic E-state index is 12.8. The van der Waals surface area contributed by atoms with Crippen LogP contribution in [0.4, 0.5) is 0 Å². The summed E-state index contributed by atoms with van der Waals surface area (Å²) in [7, 11) is 3.11. The quantitative estimate of drug-likeness (QED) is 0.747. The first-order valence-electron chi connectivity index (χ1n) is 8.74. The van der Waals surface area contributed by atoms with Crippen molar-refractivity contribution in [1.29, 1.82) is 0 Å². The van der Waals surface area contributed by atoms with E-state index < -0.39 is 0 Å².